The number of aromatic nitrogens is 1. The third-order valence-electron chi connectivity index (χ3n) is 5.34. The summed E-state index contributed by atoms with van der Waals surface area (Å²) in [6.07, 6.45) is 8.76. The Hall–Kier alpha value is -1.91. The molecule has 24 heavy (non-hydrogen) atoms. The van der Waals surface area contributed by atoms with Crippen molar-refractivity contribution in [2.24, 2.45) is 5.92 Å². The van der Waals surface area contributed by atoms with E-state index >= 15 is 0 Å². The van der Waals surface area contributed by atoms with Gasteiger partial charge >= 0.3 is 0 Å². The average molecular weight is 329 g/mol. The minimum Gasteiger partial charge on any atom is -0.356 e. The predicted molar refractivity (Wildman–Crippen MR) is 92.6 cm³/mol. The van der Waals surface area contributed by atoms with Gasteiger partial charge in [-0.2, -0.15) is 0 Å². The summed E-state index contributed by atoms with van der Waals surface area (Å²) in [5.41, 5.74) is 1.43. The first-order chi connectivity index (χ1) is 11.7. The molecule has 1 saturated carbocycles. The number of fused-ring (bicyclic) bond motifs is 1. The Bertz CT molecular complexity index is 602. The van der Waals surface area contributed by atoms with Gasteiger partial charge in [0, 0.05) is 31.0 Å². The summed E-state index contributed by atoms with van der Waals surface area (Å²) >= 11 is 0. The topological polar surface area (TPSA) is 62.3 Å². The molecule has 0 bridgehead atoms. The molecule has 5 nitrogen and oxygen atoms in total. The first kappa shape index (κ1) is 16.9. The molecule has 3 rings (SSSR count). The highest BCUT2D eigenvalue weighted by molar-refractivity contribution is 5.96. The largest absolute Gasteiger partial charge is 0.356 e. The molecule has 2 heterocycles. The molecule has 1 aliphatic heterocycles. The molecular weight excluding hydrogens is 302 g/mol. The van der Waals surface area contributed by atoms with Gasteiger partial charge in [-0.25, -0.2) is 0 Å². The Morgan fingerprint density at radius 1 is 1.21 bits per heavy atom. The zero-order valence-corrected chi connectivity index (χ0v) is 14.5. The van der Waals surface area contributed by atoms with Gasteiger partial charge in [0.15, 0.2) is 0 Å². The van der Waals surface area contributed by atoms with Crippen LogP contribution in [0.3, 0.4) is 0 Å². The fraction of sp³-hybridized carbons (Fsp3) is 0.632. The van der Waals surface area contributed by atoms with Gasteiger partial charge in [-0.1, -0.05) is 19.3 Å². The van der Waals surface area contributed by atoms with Crippen molar-refractivity contribution in [1.82, 2.24) is 15.2 Å². The van der Waals surface area contributed by atoms with E-state index in [0.29, 0.717) is 5.56 Å². The first-order valence-electron chi connectivity index (χ1n) is 9.19. The number of nitrogens with one attached hydrogen (secondary N) is 1. The maximum Gasteiger partial charge on any atom is 0.255 e. The summed E-state index contributed by atoms with van der Waals surface area (Å²) in [7, 11) is 0. The van der Waals surface area contributed by atoms with Crippen LogP contribution in [0.2, 0.25) is 0 Å². The molecule has 2 amide bonds. The van der Waals surface area contributed by atoms with E-state index in [-0.39, 0.29) is 23.8 Å². The molecular formula is C19H27N3O2. The molecule has 2 fully saturated rings. The van der Waals surface area contributed by atoms with Gasteiger partial charge in [-0.05, 0) is 44.7 Å². The highest BCUT2D eigenvalue weighted by Gasteiger charge is 2.39. The van der Waals surface area contributed by atoms with Crippen LogP contribution in [0.25, 0.3) is 0 Å². The van der Waals surface area contributed by atoms with E-state index in [9.17, 15) is 9.59 Å². The van der Waals surface area contributed by atoms with Crippen molar-refractivity contribution in [2.45, 2.75) is 57.9 Å². The highest BCUT2D eigenvalue weighted by atomic mass is 16.2. The minimum atomic E-state index is -0.0657. The lowest BCUT2D eigenvalue weighted by Crippen LogP contribution is -2.47. The molecule has 2 aliphatic rings. The second kappa shape index (κ2) is 7.77. The number of amides is 2. The average Bonchev–Trinajstić information content (AvgIpc) is 3.05. The number of carbonyl (C=O) groups excluding carboxylic acids is 2. The molecule has 0 aromatic carbocycles. The highest BCUT2D eigenvalue weighted by Crippen LogP contribution is 2.32. The Labute approximate surface area is 143 Å². The lowest BCUT2D eigenvalue weighted by atomic mass is 9.99. The smallest absolute Gasteiger partial charge is 0.255 e. The lowest BCUT2D eigenvalue weighted by molar-refractivity contribution is -0.126. The molecule has 130 valence electrons. The summed E-state index contributed by atoms with van der Waals surface area (Å²) in [5, 5.41) is 3.07. The number of hydrogen-bond acceptors (Lipinski definition) is 3. The number of aryl methyl sites for hydroxylation is 1. The second-order valence-corrected chi connectivity index (χ2v) is 6.94. The molecule has 1 aromatic rings. The first-order valence-corrected chi connectivity index (χ1v) is 9.19. The van der Waals surface area contributed by atoms with Crippen LogP contribution in [0, 0.1) is 12.8 Å². The maximum absolute atomic E-state index is 13.2. The van der Waals surface area contributed by atoms with Crippen molar-refractivity contribution in [1.29, 1.82) is 0 Å². The van der Waals surface area contributed by atoms with Gasteiger partial charge < -0.3 is 10.2 Å². The van der Waals surface area contributed by atoms with E-state index in [1.165, 1.54) is 0 Å². The summed E-state index contributed by atoms with van der Waals surface area (Å²) in [6, 6.07) is 3.68. The van der Waals surface area contributed by atoms with Crippen LogP contribution in [-0.4, -0.2) is 40.8 Å². The van der Waals surface area contributed by atoms with Gasteiger partial charge in [0.25, 0.3) is 5.91 Å². The van der Waals surface area contributed by atoms with Gasteiger partial charge in [-0.15, -0.1) is 0 Å². The Morgan fingerprint density at radius 3 is 2.88 bits per heavy atom. The quantitative estimate of drug-likeness (QED) is 0.861. The van der Waals surface area contributed by atoms with Crippen LogP contribution in [0.4, 0.5) is 0 Å². The van der Waals surface area contributed by atoms with Crippen LogP contribution in [0.15, 0.2) is 18.3 Å². The zero-order chi connectivity index (χ0) is 16.9. The van der Waals surface area contributed by atoms with Crippen molar-refractivity contribution in [3.05, 3.63) is 29.6 Å². The molecule has 0 spiro atoms. The molecule has 5 heteroatoms. The van der Waals surface area contributed by atoms with Crippen LogP contribution in [-0.2, 0) is 4.79 Å². The van der Waals surface area contributed by atoms with Crippen LogP contribution >= 0.6 is 0 Å². The summed E-state index contributed by atoms with van der Waals surface area (Å²) in [4.78, 5) is 31.9. The third kappa shape index (κ3) is 3.60. The Morgan fingerprint density at radius 2 is 2.04 bits per heavy atom. The van der Waals surface area contributed by atoms with Crippen LogP contribution in [0.1, 0.15) is 61.0 Å². The molecule has 1 aromatic heterocycles. The normalized spacial score (nSPS) is 25.5. The predicted octanol–water partition coefficient (Wildman–Crippen LogP) is 2.69. The summed E-state index contributed by atoms with van der Waals surface area (Å²) in [5.74, 6) is 0.0914. The van der Waals surface area contributed by atoms with Gasteiger partial charge in [0.2, 0.25) is 5.91 Å². The monoisotopic (exact) mass is 329 g/mol. The molecule has 2 atom stereocenters. The second-order valence-electron chi connectivity index (χ2n) is 6.94. The number of nitrogens with zero attached hydrogens (tertiary/aromatic N) is 2. The fourth-order valence-corrected chi connectivity index (χ4v) is 4.01. The Balaban J connectivity index is 1.87. The summed E-state index contributed by atoms with van der Waals surface area (Å²) in [6.45, 7) is 3.37. The van der Waals surface area contributed by atoms with Gasteiger partial charge in [0.05, 0.1) is 11.5 Å². The minimum absolute atomic E-state index is 0.0233. The fourth-order valence-electron chi connectivity index (χ4n) is 4.01. The lowest BCUT2D eigenvalue weighted by Gasteiger charge is -2.33. The van der Waals surface area contributed by atoms with E-state index in [0.717, 1.165) is 63.7 Å². The van der Waals surface area contributed by atoms with Crippen molar-refractivity contribution in [3.63, 3.8) is 0 Å². The number of hydrogen-bond donors (Lipinski definition) is 1. The number of rotatable bonds is 1. The molecule has 0 radical (unpaired) electrons. The van der Waals surface area contributed by atoms with Crippen molar-refractivity contribution in [3.8, 4) is 0 Å². The number of carbonyl (C=O) groups is 2. The van der Waals surface area contributed by atoms with Gasteiger partial charge in [0.1, 0.15) is 0 Å². The maximum atomic E-state index is 13.2. The van der Waals surface area contributed by atoms with E-state index in [1.54, 1.807) is 6.20 Å². The van der Waals surface area contributed by atoms with Gasteiger partial charge in [-0.3, -0.25) is 14.6 Å². The molecule has 1 aliphatic carbocycles. The van der Waals surface area contributed by atoms with Crippen molar-refractivity contribution >= 4 is 11.8 Å². The van der Waals surface area contributed by atoms with E-state index in [2.05, 4.69) is 10.3 Å². The third-order valence-corrected chi connectivity index (χ3v) is 5.34. The number of pyridine rings is 1. The summed E-state index contributed by atoms with van der Waals surface area (Å²) < 4.78 is 0. The van der Waals surface area contributed by atoms with E-state index in [4.69, 9.17) is 0 Å². The van der Waals surface area contributed by atoms with E-state index in [1.807, 2.05) is 24.0 Å². The molecule has 2 unspecified atom stereocenters. The van der Waals surface area contributed by atoms with Crippen LogP contribution < -0.4 is 5.32 Å². The van der Waals surface area contributed by atoms with E-state index < -0.39 is 0 Å². The van der Waals surface area contributed by atoms with Crippen LogP contribution in [0.5, 0.6) is 0 Å². The van der Waals surface area contributed by atoms with Crippen molar-refractivity contribution < 1.29 is 9.59 Å². The molecule has 1 N–H and O–H groups in total. The van der Waals surface area contributed by atoms with Crippen molar-refractivity contribution in [2.75, 3.05) is 13.1 Å². The molecule has 1 saturated heterocycles. The standard InChI is InChI=1S/C19H27N3O2/c1-14-15(9-7-12-20-14)19(24)22-13-5-3-2-4-11-21-18(23)16-8-6-10-17(16)22/h7,9,12,16-17H,2-6,8,10-11,13H2,1H3,(H,21,23). The Kier molecular flexibility index (Phi) is 5.48. The zero-order valence-electron chi connectivity index (χ0n) is 14.5. The SMILES string of the molecule is Cc1ncccc1C(=O)N1CCCCCCNC(=O)C2CCCC21.